The van der Waals surface area contributed by atoms with Gasteiger partial charge >= 0.3 is 11.9 Å². The van der Waals surface area contributed by atoms with Gasteiger partial charge in [-0.1, -0.05) is 11.6 Å². The number of carbonyl (C=O) groups is 2. The highest BCUT2D eigenvalue weighted by atomic mass is 35.5. The van der Waals surface area contributed by atoms with Crippen molar-refractivity contribution < 1.29 is 19.4 Å². The fourth-order valence-electron chi connectivity index (χ4n) is 1.28. The molecule has 0 bridgehead atoms. The highest BCUT2D eigenvalue weighted by Gasteiger charge is 2.09. The average molecular weight is 243 g/mol. The van der Waals surface area contributed by atoms with Gasteiger partial charge in [0, 0.05) is 11.4 Å². The van der Waals surface area contributed by atoms with Crippen molar-refractivity contribution in [1.82, 2.24) is 0 Å². The van der Waals surface area contributed by atoms with E-state index in [0.29, 0.717) is 22.6 Å². The van der Waals surface area contributed by atoms with Crippen LogP contribution in [0.4, 0.5) is 0 Å². The molecule has 0 aliphatic rings. The quantitative estimate of drug-likeness (QED) is 0.822. The molecule has 86 valence electrons. The Morgan fingerprint density at radius 3 is 2.62 bits per heavy atom. The third-order valence-electron chi connectivity index (χ3n) is 2.01. The van der Waals surface area contributed by atoms with Crippen molar-refractivity contribution in [2.24, 2.45) is 0 Å². The monoisotopic (exact) mass is 242 g/mol. The molecule has 0 spiro atoms. The summed E-state index contributed by atoms with van der Waals surface area (Å²) in [6.45, 7) is 0. The summed E-state index contributed by atoms with van der Waals surface area (Å²) in [7, 11) is 1.28. The first kappa shape index (κ1) is 12.5. The van der Waals surface area contributed by atoms with Crippen LogP contribution in [0.25, 0.3) is 0 Å². The molecule has 0 amide bonds. The molecule has 0 unspecified atom stereocenters. The van der Waals surface area contributed by atoms with Gasteiger partial charge in [0.1, 0.15) is 0 Å². The van der Waals surface area contributed by atoms with Gasteiger partial charge in [-0.05, 0) is 30.2 Å². The fourth-order valence-corrected chi connectivity index (χ4v) is 1.54. The summed E-state index contributed by atoms with van der Waals surface area (Å²) in [5, 5.41) is 8.94. The molecule has 0 heterocycles. The maximum absolute atomic E-state index is 11.3. The van der Waals surface area contributed by atoms with Crippen LogP contribution in [0.3, 0.4) is 0 Å². The van der Waals surface area contributed by atoms with E-state index >= 15 is 0 Å². The standard InChI is InChI=1S/C11H11ClO4/c1-16-11(15)8-4-7(2-3-10(13)14)5-9(12)6-8/h4-6H,2-3H2,1H3,(H,13,14). The minimum atomic E-state index is -0.889. The second kappa shape index (κ2) is 5.51. The number of carboxylic acids is 1. The van der Waals surface area contributed by atoms with Crippen molar-refractivity contribution in [1.29, 1.82) is 0 Å². The Morgan fingerprint density at radius 1 is 1.38 bits per heavy atom. The smallest absolute Gasteiger partial charge is 0.337 e. The van der Waals surface area contributed by atoms with Crippen LogP contribution < -0.4 is 0 Å². The molecule has 16 heavy (non-hydrogen) atoms. The lowest BCUT2D eigenvalue weighted by Crippen LogP contribution is -2.03. The van der Waals surface area contributed by atoms with Gasteiger partial charge < -0.3 is 9.84 Å². The summed E-state index contributed by atoms with van der Waals surface area (Å²) in [6.07, 6.45) is 0.334. The zero-order valence-electron chi connectivity index (χ0n) is 8.70. The molecule has 0 aromatic heterocycles. The second-order valence-electron chi connectivity index (χ2n) is 3.23. The molecular weight excluding hydrogens is 232 g/mol. The van der Waals surface area contributed by atoms with E-state index < -0.39 is 11.9 Å². The molecule has 1 aromatic carbocycles. The maximum atomic E-state index is 11.3. The van der Waals surface area contributed by atoms with Gasteiger partial charge in [-0.2, -0.15) is 0 Å². The van der Waals surface area contributed by atoms with Gasteiger partial charge in [-0.3, -0.25) is 4.79 Å². The molecular formula is C11H11ClO4. The van der Waals surface area contributed by atoms with Crippen LogP contribution in [0, 0.1) is 0 Å². The van der Waals surface area contributed by atoms with Crippen LogP contribution in [-0.4, -0.2) is 24.2 Å². The first-order valence-corrected chi connectivity index (χ1v) is 5.00. The minimum Gasteiger partial charge on any atom is -0.481 e. The topological polar surface area (TPSA) is 63.6 Å². The van der Waals surface area contributed by atoms with Crippen molar-refractivity contribution in [3.05, 3.63) is 34.3 Å². The third-order valence-corrected chi connectivity index (χ3v) is 2.22. The van der Waals surface area contributed by atoms with Crippen LogP contribution in [0.2, 0.25) is 5.02 Å². The van der Waals surface area contributed by atoms with E-state index in [-0.39, 0.29) is 6.42 Å². The van der Waals surface area contributed by atoms with E-state index in [2.05, 4.69) is 4.74 Å². The molecule has 1 aromatic rings. The molecule has 0 saturated heterocycles. The number of halogens is 1. The van der Waals surface area contributed by atoms with Crippen molar-refractivity contribution in [2.75, 3.05) is 7.11 Å². The summed E-state index contributed by atoms with van der Waals surface area (Å²) >= 11 is 5.81. The number of rotatable bonds is 4. The zero-order chi connectivity index (χ0) is 12.1. The van der Waals surface area contributed by atoms with Gasteiger partial charge in [0.2, 0.25) is 0 Å². The number of esters is 1. The van der Waals surface area contributed by atoms with Gasteiger partial charge in [-0.25, -0.2) is 4.79 Å². The van der Waals surface area contributed by atoms with E-state index in [4.69, 9.17) is 16.7 Å². The van der Waals surface area contributed by atoms with Crippen LogP contribution in [-0.2, 0) is 16.0 Å². The average Bonchev–Trinajstić information content (AvgIpc) is 2.24. The predicted octanol–water partition coefficient (Wildman–Crippen LogP) is 2.14. The summed E-state index contributed by atoms with van der Waals surface area (Å²) in [4.78, 5) is 21.7. The minimum absolute atomic E-state index is 0.000947. The zero-order valence-corrected chi connectivity index (χ0v) is 9.45. The van der Waals surface area contributed by atoms with Crippen molar-refractivity contribution in [3.63, 3.8) is 0 Å². The number of aliphatic carboxylic acids is 1. The van der Waals surface area contributed by atoms with Crippen LogP contribution in [0.5, 0.6) is 0 Å². The molecule has 0 saturated carbocycles. The Kier molecular flexibility index (Phi) is 4.31. The van der Waals surface area contributed by atoms with Crippen LogP contribution >= 0.6 is 11.6 Å². The summed E-state index contributed by atoms with van der Waals surface area (Å²) in [5.74, 6) is -1.38. The summed E-state index contributed by atoms with van der Waals surface area (Å²) < 4.78 is 4.56. The summed E-state index contributed by atoms with van der Waals surface area (Å²) in [5.41, 5.74) is 1.03. The Bertz CT molecular complexity index is 414. The van der Waals surface area contributed by atoms with Gasteiger partial charge in [0.15, 0.2) is 0 Å². The van der Waals surface area contributed by atoms with Gasteiger partial charge in [0.05, 0.1) is 12.7 Å². The van der Waals surface area contributed by atoms with E-state index in [1.54, 1.807) is 12.1 Å². The molecule has 1 rings (SSSR count). The first-order chi connectivity index (χ1) is 7.52. The Balaban J connectivity index is 2.89. The van der Waals surface area contributed by atoms with Crippen LogP contribution in [0.1, 0.15) is 22.3 Å². The Labute approximate surface area is 97.8 Å². The van der Waals surface area contributed by atoms with Crippen LogP contribution in [0.15, 0.2) is 18.2 Å². The maximum Gasteiger partial charge on any atom is 0.337 e. The fraction of sp³-hybridized carbons (Fsp3) is 0.273. The Morgan fingerprint density at radius 2 is 2.06 bits per heavy atom. The van der Waals surface area contributed by atoms with Gasteiger partial charge in [-0.15, -0.1) is 0 Å². The number of hydrogen-bond acceptors (Lipinski definition) is 3. The highest BCUT2D eigenvalue weighted by molar-refractivity contribution is 6.31. The number of methoxy groups -OCH3 is 1. The lowest BCUT2D eigenvalue weighted by molar-refractivity contribution is -0.136. The van der Waals surface area contributed by atoms with E-state index in [1.165, 1.54) is 13.2 Å². The number of carbonyl (C=O) groups excluding carboxylic acids is 1. The molecule has 4 nitrogen and oxygen atoms in total. The SMILES string of the molecule is COC(=O)c1cc(Cl)cc(CCC(=O)O)c1. The van der Waals surface area contributed by atoms with E-state index in [1.807, 2.05) is 0 Å². The third kappa shape index (κ3) is 3.55. The molecule has 1 N–H and O–H groups in total. The molecule has 0 aliphatic heterocycles. The van der Waals surface area contributed by atoms with Crippen molar-refractivity contribution in [2.45, 2.75) is 12.8 Å². The number of benzene rings is 1. The lowest BCUT2D eigenvalue weighted by Gasteiger charge is -2.04. The molecule has 0 fully saturated rings. The largest absolute Gasteiger partial charge is 0.481 e. The highest BCUT2D eigenvalue weighted by Crippen LogP contribution is 2.17. The van der Waals surface area contributed by atoms with Gasteiger partial charge in [0.25, 0.3) is 0 Å². The number of ether oxygens (including phenoxy) is 1. The second-order valence-corrected chi connectivity index (χ2v) is 3.67. The predicted molar refractivity (Wildman–Crippen MR) is 58.7 cm³/mol. The number of hydrogen-bond donors (Lipinski definition) is 1. The molecule has 0 atom stereocenters. The molecule has 5 heteroatoms. The molecule has 0 radical (unpaired) electrons. The number of aryl methyl sites for hydroxylation is 1. The van der Waals surface area contributed by atoms with E-state index in [0.717, 1.165) is 0 Å². The Hall–Kier alpha value is -1.55. The normalized spacial score (nSPS) is 9.88. The summed E-state index contributed by atoms with van der Waals surface area (Å²) in [6, 6.07) is 4.70. The van der Waals surface area contributed by atoms with E-state index in [9.17, 15) is 9.59 Å². The lowest BCUT2D eigenvalue weighted by atomic mass is 10.1. The number of carboxylic acid groups (broad SMARTS) is 1. The molecule has 0 aliphatic carbocycles. The first-order valence-electron chi connectivity index (χ1n) is 4.62. The van der Waals surface area contributed by atoms with Crippen molar-refractivity contribution in [3.8, 4) is 0 Å². The van der Waals surface area contributed by atoms with Crippen molar-refractivity contribution >= 4 is 23.5 Å².